The molecule has 0 aromatic heterocycles. The van der Waals surface area contributed by atoms with Gasteiger partial charge in [-0.3, -0.25) is 0 Å². The van der Waals surface area contributed by atoms with Gasteiger partial charge in [-0.15, -0.1) is 0 Å². The Balaban J connectivity index is 0.00000112. The zero-order valence-electron chi connectivity index (χ0n) is 9.34. The molecule has 0 nitrogen and oxygen atoms in total. The Morgan fingerprint density at radius 1 is 1.19 bits per heavy atom. The number of rotatable bonds is 3. The van der Waals surface area contributed by atoms with E-state index in [1.54, 1.807) is 33.6 Å². The predicted octanol–water partition coefficient (Wildman–Crippen LogP) is -2.13. The molecule has 2 rings (SSSR count). The molecule has 0 heterocycles. The van der Waals surface area contributed by atoms with Crippen LogP contribution in [0, 0.1) is 0 Å². The molecule has 16 heavy (non-hydrogen) atoms. The fourth-order valence-electron chi connectivity index (χ4n) is 2.11. The van der Waals surface area contributed by atoms with Crippen LogP contribution in [-0.2, 0) is 24.7 Å². The number of unbranched alkanes of at least 4 members (excludes halogenated alkanes) is 1. The van der Waals surface area contributed by atoms with Crippen LogP contribution in [0.15, 0.2) is 27.5 Å². The zero-order valence-corrected chi connectivity index (χ0v) is 16.1. The van der Waals surface area contributed by atoms with Gasteiger partial charge in [0.15, 0.2) is 0 Å². The third kappa shape index (κ3) is 3.91. The van der Waals surface area contributed by atoms with Crippen LogP contribution in [0.2, 0.25) is 0 Å². The summed E-state index contributed by atoms with van der Waals surface area (Å²) < 4.78 is 1.63. The standard InChI is InChI=1S/C13H15.2HI.Zr/c1-2-3-6-11-9-10-12-7-4-5-8-13(11)12;;;/h4-5,7-8,10-11H,2-3,6H2,1H3;2*1H;/q;;;+2/p-2. The predicted molar refractivity (Wildman–Crippen MR) is 56.7 cm³/mol. The summed E-state index contributed by atoms with van der Waals surface area (Å²) in [4.78, 5) is 0. The second-order valence-electron chi connectivity index (χ2n) is 3.92. The minimum absolute atomic E-state index is 0. The van der Waals surface area contributed by atoms with Crippen LogP contribution >= 0.6 is 0 Å². The van der Waals surface area contributed by atoms with Crippen LogP contribution in [0.5, 0.6) is 0 Å². The largest absolute Gasteiger partial charge is 1.00 e. The van der Waals surface area contributed by atoms with Gasteiger partial charge in [0.2, 0.25) is 0 Å². The van der Waals surface area contributed by atoms with Crippen LogP contribution in [0.1, 0.15) is 43.2 Å². The van der Waals surface area contributed by atoms with Crippen molar-refractivity contribution in [1.29, 1.82) is 0 Å². The topological polar surface area (TPSA) is 0 Å². The number of fused-ring (bicyclic) bond motifs is 1. The Bertz CT molecular complexity index is 361. The van der Waals surface area contributed by atoms with Crippen LogP contribution in [-0.4, -0.2) is 0 Å². The minimum atomic E-state index is 0. The molecule has 0 aliphatic heterocycles. The summed E-state index contributed by atoms with van der Waals surface area (Å²) in [5.41, 5.74) is 3.02. The zero-order chi connectivity index (χ0) is 9.97. The second kappa shape index (κ2) is 8.41. The molecule has 1 aliphatic rings. The molecular weight excluding hydrogens is 501 g/mol. The van der Waals surface area contributed by atoms with E-state index < -0.39 is 0 Å². The Kier molecular flexibility index (Phi) is 9.10. The Morgan fingerprint density at radius 3 is 2.56 bits per heavy atom. The molecule has 0 saturated carbocycles. The fraction of sp³-hybridized carbons (Fsp3) is 0.385. The van der Waals surface area contributed by atoms with Gasteiger partial charge in [-0.05, 0) is 0 Å². The van der Waals surface area contributed by atoms with Crippen LogP contribution in [0.25, 0.3) is 6.08 Å². The van der Waals surface area contributed by atoms with Crippen molar-refractivity contribution in [3.05, 3.63) is 38.7 Å². The summed E-state index contributed by atoms with van der Waals surface area (Å²) in [5, 5.41) is 0. The molecule has 0 spiro atoms. The van der Waals surface area contributed by atoms with E-state index >= 15 is 0 Å². The van der Waals surface area contributed by atoms with Crippen molar-refractivity contribution < 1.29 is 72.7 Å². The monoisotopic (exact) mass is 515 g/mol. The molecule has 85 valence electrons. The summed E-state index contributed by atoms with van der Waals surface area (Å²) in [6.07, 6.45) is 6.38. The average molecular weight is 516 g/mol. The quantitative estimate of drug-likeness (QED) is 0.403. The third-order valence-corrected chi connectivity index (χ3v) is 4.12. The van der Waals surface area contributed by atoms with Crippen molar-refractivity contribution in [2.75, 3.05) is 0 Å². The fourth-order valence-corrected chi connectivity index (χ4v) is 3.23. The summed E-state index contributed by atoms with van der Waals surface area (Å²) in [6.45, 7) is 2.27. The van der Waals surface area contributed by atoms with E-state index in [4.69, 9.17) is 0 Å². The van der Waals surface area contributed by atoms with Gasteiger partial charge in [-0.2, -0.15) is 0 Å². The first-order valence-corrected chi connectivity index (χ1v) is 6.58. The Morgan fingerprint density at radius 2 is 1.88 bits per heavy atom. The van der Waals surface area contributed by atoms with Gasteiger partial charge in [-0.25, -0.2) is 0 Å². The van der Waals surface area contributed by atoms with E-state index in [1.807, 2.05) is 0 Å². The number of hydrogen-bond acceptors (Lipinski definition) is 0. The maximum absolute atomic E-state index is 2.38. The SMILES string of the molecule is CCCCC1[C]([Zr+2])=Cc2ccccc21.[I-].[I-]. The average Bonchev–Trinajstić information content (AvgIpc) is 2.51. The Hall–Kier alpha value is 1.30. The van der Waals surface area contributed by atoms with E-state index in [0.29, 0.717) is 0 Å². The molecule has 0 bridgehead atoms. The number of benzene rings is 1. The summed E-state index contributed by atoms with van der Waals surface area (Å²) >= 11 is 1.59. The van der Waals surface area contributed by atoms with Gasteiger partial charge in [0.05, 0.1) is 0 Å². The summed E-state index contributed by atoms with van der Waals surface area (Å²) in [6, 6.07) is 8.84. The van der Waals surface area contributed by atoms with Crippen LogP contribution in [0.3, 0.4) is 0 Å². The van der Waals surface area contributed by atoms with E-state index in [9.17, 15) is 0 Å². The normalized spacial score (nSPS) is 16.9. The molecule has 0 N–H and O–H groups in total. The number of halogens is 2. The minimum Gasteiger partial charge on any atom is -1.00 e. The molecule has 1 aliphatic carbocycles. The van der Waals surface area contributed by atoms with Gasteiger partial charge in [-0.1, -0.05) is 0 Å². The molecule has 1 atom stereocenters. The molecule has 3 heteroatoms. The Labute approximate surface area is 148 Å². The summed E-state index contributed by atoms with van der Waals surface area (Å²) in [7, 11) is 0. The van der Waals surface area contributed by atoms with Gasteiger partial charge in [0.1, 0.15) is 0 Å². The molecule has 0 fully saturated rings. The first-order chi connectivity index (χ1) is 6.83. The smallest absolute Gasteiger partial charge is 1.00 e. The van der Waals surface area contributed by atoms with Crippen LogP contribution < -0.4 is 48.0 Å². The van der Waals surface area contributed by atoms with Crippen molar-refractivity contribution >= 4 is 6.08 Å². The van der Waals surface area contributed by atoms with Crippen molar-refractivity contribution in [1.82, 2.24) is 0 Å². The molecule has 0 radical (unpaired) electrons. The van der Waals surface area contributed by atoms with Crippen LogP contribution in [0.4, 0.5) is 0 Å². The van der Waals surface area contributed by atoms with E-state index in [-0.39, 0.29) is 48.0 Å². The molecule has 1 aromatic rings. The molecule has 1 aromatic carbocycles. The van der Waals surface area contributed by atoms with Crippen molar-refractivity contribution in [2.45, 2.75) is 32.1 Å². The molecule has 0 saturated heterocycles. The second-order valence-corrected chi connectivity index (χ2v) is 5.34. The van der Waals surface area contributed by atoms with Crippen molar-refractivity contribution in [2.24, 2.45) is 0 Å². The third-order valence-electron chi connectivity index (χ3n) is 2.90. The van der Waals surface area contributed by atoms with E-state index in [0.717, 1.165) is 5.92 Å². The first-order valence-electron chi connectivity index (χ1n) is 5.35. The van der Waals surface area contributed by atoms with E-state index in [2.05, 4.69) is 37.3 Å². The van der Waals surface area contributed by atoms with Gasteiger partial charge < -0.3 is 48.0 Å². The number of allylic oxidation sites excluding steroid dienone is 1. The maximum atomic E-state index is 2.38. The van der Waals surface area contributed by atoms with Gasteiger partial charge in [0.25, 0.3) is 0 Å². The van der Waals surface area contributed by atoms with Crippen molar-refractivity contribution in [3.63, 3.8) is 0 Å². The molecule has 1 unspecified atom stereocenters. The summed E-state index contributed by atoms with van der Waals surface area (Å²) in [5.74, 6) is 0.740. The molecule has 0 amide bonds. The molecular formula is C13H15I2Zr. The first kappa shape index (κ1) is 17.3. The number of hydrogen-bond donors (Lipinski definition) is 0. The maximum Gasteiger partial charge on any atom is -1.00 e. The van der Waals surface area contributed by atoms with E-state index in [1.165, 1.54) is 24.8 Å². The van der Waals surface area contributed by atoms with Crippen molar-refractivity contribution in [3.8, 4) is 0 Å². The van der Waals surface area contributed by atoms with Gasteiger partial charge in [0, 0.05) is 0 Å². The van der Waals surface area contributed by atoms with Gasteiger partial charge >= 0.3 is 102 Å².